The maximum Gasteiger partial charge on any atom is 0.289 e. The van der Waals surface area contributed by atoms with Crippen LogP contribution in [0.15, 0.2) is 41.0 Å². The van der Waals surface area contributed by atoms with Gasteiger partial charge in [0.1, 0.15) is 0 Å². The quantitative estimate of drug-likeness (QED) is 0.703. The van der Waals surface area contributed by atoms with Crippen molar-refractivity contribution in [2.24, 2.45) is 5.92 Å². The minimum absolute atomic E-state index is 0.0738. The smallest absolute Gasteiger partial charge is 0.289 e. The van der Waals surface area contributed by atoms with Crippen molar-refractivity contribution in [1.82, 2.24) is 9.80 Å². The molecule has 1 heterocycles. The van der Waals surface area contributed by atoms with E-state index in [1.165, 1.54) is 6.26 Å². The van der Waals surface area contributed by atoms with Crippen LogP contribution in [-0.4, -0.2) is 62.9 Å². The molecule has 1 aromatic heterocycles. The second-order valence-electron chi connectivity index (χ2n) is 8.01. The number of carbonyl (C=O) groups excluding carboxylic acids is 2. The number of hydrogen-bond acceptors (Lipinski definition) is 5. The Morgan fingerprint density at radius 3 is 2.45 bits per heavy atom. The molecule has 2 aromatic rings. The molecule has 0 unspecified atom stereocenters. The molecule has 0 saturated heterocycles. The Bertz CT molecular complexity index is 842. The molecule has 29 heavy (non-hydrogen) atoms. The van der Waals surface area contributed by atoms with Gasteiger partial charge < -0.3 is 24.4 Å². The third kappa shape index (κ3) is 5.60. The van der Waals surface area contributed by atoms with E-state index in [0.717, 1.165) is 36.3 Å². The molecule has 1 N–H and O–H groups in total. The van der Waals surface area contributed by atoms with Crippen molar-refractivity contribution in [1.29, 1.82) is 0 Å². The monoisotopic (exact) mass is 398 g/mol. The molecule has 1 aromatic carbocycles. The number of rotatable bonds is 9. The average molecular weight is 399 g/mol. The summed E-state index contributed by atoms with van der Waals surface area (Å²) < 4.78 is 5.34. The zero-order valence-corrected chi connectivity index (χ0v) is 17.6. The molecular weight excluding hydrogens is 368 g/mol. The first kappa shape index (κ1) is 20.9. The molecule has 156 valence electrons. The van der Waals surface area contributed by atoms with Gasteiger partial charge >= 0.3 is 0 Å². The Kier molecular flexibility index (Phi) is 6.59. The van der Waals surface area contributed by atoms with Crippen LogP contribution in [-0.2, 0) is 11.3 Å². The van der Waals surface area contributed by atoms with Crippen LogP contribution in [0.25, 0.3) is 0 Å². The number of nitrogens with zero attached hydrogens (tertiary/aromatic N) is 3. The van der Waals surface area contributed by atoms with Crippen LogP contribution in [0.1, 0.15) is 29.0 Å². The predicted octanol–water partition coefficient (Wildman–Crippen LogP) is 2.90. The average Bonchev–Trinajstić information content (AvgIpc) is 3.39. The number of likely N-dealkylation sites (N-methyl/N-ethyl adjacent to an activating group) is 1. The van der Waals surface area contributed by atoms with Crippen LogP contribution >= 0.6 is 0 Å². The highest BCUT2D eigenvalue weighted by Crippen LogP contribution is 2.31. The predicted molar refractivity (Wildman–Crippen MR) is 114 cm³/mol. The molecule has 0 aliphatic heterocycles. The number of amides is 2. The zero-order valence-electron chi connectivity index (χ0n) is 17.6. The van der Waals surface area contributed by atoms with Gasteiger partial charge in [-0.1, -0.05) is 0 Å². The summed E-state index contributed by atoms with van der Waals surface area (Å²) in [6, 6.07) is 9.27. The molecule has 1 aliphatic carbocycles. The Morgan fingerprint density at radius 2 is 1.86 bits per heavy atom. The number of hydrogen-bond donors (Lipinski definition) is 1. The molecule has 3 rings (SSSR count). The highest BCUT2D eigenvalue weighted by Gasteiger charge is 2.29. The fourth-order valence-electron chi connectivity index (χ4n) is 3.15. The molecule has 1 fully saturated rings. The number of anilines is 2. The summed E-state index contributed by atoms with van der Waals surface area (Å²) in [5.41, 5.74) is 2.75. The molecule has 0 bridgehead atoms. The Morgan fingerprint density at radius 1 is 1.10 bits per heavy atom. The summed E-state index contributed by atoms with van der Waals surface area (Å²) in [6.07, 6.45) is 3.44. The largest absolute Gasteiger partial charge is 0.459 e. The SMILES string of the molecule is CN(C)CCN(Cc1cc(NC(=O)C2CC2)ccc1N(C)C)C(=O)c1ccco1. The van der Waals surface area contributed by atoms with Crippen molar-refractivity contribution in [2.75, 3.05) is 51.5 Å². The summed E-state index contributed by atoms with van der Waals surface area (Å²) in [5, 5.41) is 3.00. The first-order valence-corrected chi connectivity index (χ1v) is 9.93. The van der Waals surface area contributed by atoms with Crippen LogP contribution in [0.4, 0.5) is 11.4 Å². The van der Waals surface area contributed by atoms with Crippen LogP contribution in [0, 0.1) is 5.92 Å². The van der Waals surface area contributed by atoms with Crippen molar-refractivity contribution in [3.8, 4) is 0 Å². The fourth-order valence-corrected chi connectivity index (χ4v) is 3.15. The Balaban J connectivity index is 1.85. The van der Waals surface area contributed by atoms with Crippen LogP contribution in [0.5, 0.6) is 0 Å². The Labute approximate surface area is 172 Å². The summed E-state index contributed by atoms with van der Waals surface area (Å²) in [5.74, 6) is 0.399. The van der Waals surface area contributed by atoms with Gasteiger partial charge in [-0.25, -0.2) is 0 Å². The van der Waals surface area contributed by atoms with E-state index in [0.29, 0.717) is 18.8 Å². The summed E-state index contributed by atoms with van der Waals surface area (Å²) in [6.45, 7) is 1.73. The topological polar surface area (TPSA) is 69.0 Å². The van der Waals surface area contributed by atoms with E-state index in [9.17, 15) is 9.59 Å². The second-order valence-corrected chi connectivity index (χ2v) is 8.01. The molecule has 7 nitrogen and oxygen atoms in total. The van der Waals surface area contributed by atoms with E-state index < -0.39 is 0 Å². The number of furan rings is 1. The Hall–Kier alpha value is -2.80. The van der Waals surface area contributed by atoms with Gasteiger partial charge in [0, 0.05) is 51.0 Å². The maximum atomic E-state index is 13.0. The molecule has 0 spiro atoms. The van der Waals surface area contributed by atoms with Gasteiger partial charge in [0.15, 0.2) is 5.76 Å². The van der Waals surface area contributed by atoms with Crippen molar-refractivity contribution < 1.29 is 14.0 Å². The number of benzene rings is 1. The molecule has 2 amide bonds. The summed E-state index contributed by atoms with van der Waals surface area (Å²) >= 11 is 0. The number of nitrogens with one attached hydrogen (secondary N) is 1. The van der Waals surface area contributed by atoms with Gasteiger partial charge in [0.05, 0.1) is 6.26 Å². The lowest BCUT2D eigenvalue weighted by molar-refractivity contribution is -0.117. The normalized spacial score (nSPS) is 13.4. The van der Waals surface area contributed by atoms with E-state index in [-0.39, 0.29) is 17.7 Å². The highest BCUT2D eigenvalue weighted by molar-refractivity contribution is 5.94. The van der Waals surface area contributed by atoms with Crippen molar-refractivity contribution in [2.45, 2.75) is 19.4 Å². The zero-order chi connectivity index (χ0) is 21.0. The van der Waals surface area contributed by atoms with Crippen molar-refractivity contribution >= 4 is 23.2 Å². The van der Waals surface area contributed by atoms with E-state index in [1.807, 2.05) is 56.2 Å². The molecule has 1 saturated carbocycles. The minimum Gasteiger partial charge on any atom is -0.459 e. The van der Waals surface area contributed by atoms with Gasteiger partial charge in [0.25, 0.3) is 5.91 Å². The number of carbonyl (C=O) groups is 2. The lowest BCUT2D eigenvalue weighted by Gasteiger charge is -2.26. The summed E-state index contributed by atoms with van der Waals surface area (Å²) in [4.78, 5) is 31.0. The molecule has 7 heteroatoms. The van der Waals surface area contributed by atoms with Gasteiger partial charge in [-0.05, 0) is 62.8 Å². The molecular formula is C22H30N4O3. The van der Waals surface area contributed by atoms with E-state index in [1.54, 1.807) is 17.0 Å². The van der Waals surface area contributed by atoms with E-state index >= 15 is 0 Å². The summed E-state index contributed by atoms with van der Waals surface area (Å²) in [7, 11) is 7.91. The standard InChI is InChI=1S/C22H30N4O3/c1-24(2)11-12-26(22(28)20-6-5-13-29-20)15-17-14-18(9-10-19(17)25(3)4)23-21(27)16-7-8-16/h5-6,9-10,13-14,16H,7-8,11-12,15H2,1-4H3,(H,23,27). The first-order chi connectivity index (χ1) is 13.8. The molecule has 0 radical (unpaired) electrons. The lowest BCUT2D eigenvalue weighted by Crippen LogP contribution is -2.36. The van der Waals surface area contributed by atoms with Gasteiger partial charge in [-0.15, -0.1) is 0 Å². The van der Waals surface area contributed by atoms with E-state index in [4.69, 9.17) is 4.42 Å². The molecule has 0 atom stereocenters. The first-order valence-electron chi connectivity index (χ1n) is 9.93. The van der Waals surface area contributed by atoms with Gasteiger partial charge in [0.2, 0.25) is 5.91 Å². The highest BCUT2D eigenvalue weighted by atomic mass is 16.3. The third-order valence-electron chi connectivity index (χ3n) is 4.97. The maximum absolute atomic E-state index is 13.0. The minimum atomic E-state index is -0.144. The van der Waals surface area contributed by atoms with Crippen molar-refractivity contribution in [3.63, 3.8) is 0 Å². The van der Waals surface area contributed by atoms with Gasteiger partial charge in [-0.3, -0.25) is 9.59 Å². The van der Waals surface area contributed by atoms with Gasteiger partial charge in [-0.2, -0.15) is 0 Å². The molecule has 1 aliphatic rings. The van der Waals surface area contributed by atoms with Crippen LogP contribution < -0.4 is 10.2 Å². The van der Waals surface area contributed by atoms with Crippen LogP contribution in [0.3, 0.4) is 0 Å². The third-order valence-corrected chi connectivity index (χ3v) is 4.97. The van der Waals surface area contributed by atoms with E-state index in [2.05, 4.69) is 5.32 Å². The fraction of sp³-hybridized carbons (Fsp3) is 0.455. The lowest BCUT2D eigenvalue weighted by atomic mass is 10.1. The van der Waals surface area contributed by atoms with Crippen molar-refractivity contribution in [3.05, 3.63) is 47.9 Å². The van der Waals surface area contributed by atoms with Crippen LogP contribution in [0.2, 0.25) is 0 Å². The second kappa shape index (κ2) is 9.13.